The molecule has 1 aromatic rings. The van der Waals surface area contributed by atoms with Crippen molar-refractivity contribution < 1.29 is 17.9 Å². The van der Waals surface area contributed by atoms with Crippen LogP contribution in [0.15, 0.2) is 41.3 Å². The molecule has 0 bridgehead atoms. The monoisotopic (exact) mass is 309 g/mol. The van der Waals surface area contributed by atoms with Gasteiger partial charge in [0.15, 0.2) is 0 Å². The number of esters is 1. The van der Waals surface area contributed by atoms with Gasteiger partial charge in [0, 0.05) is 18.7 Å². The fourth-order valence-electron chi connectivity index (χ4n) is 2.36. The maximum atomic E-state index is 12.6. The van der Waals surface area contributed by atoms with Crippen molar-refractivity contribution in [2.24, 2.45) is 0 Å². The number of hydrogen-bond acceptors (Lipinski definition) is 4. The Morgan fingerprint density at radius 1 is 1.33 bits per heavy atom. The normalized spacial score (nSPS) is 20.0. The van der Waals surface area contributed by atoms with Crippen LogP contribution in [-0.2, 0) is 19.6 Å². The summed E-state index contributed by atoms with van der Waals surface area (Å²) in [4.78, 5) is 11.4. The molecular weight excluding hydrogens is 290 g/mol. The predicted octanol–water partition coefficient (Wildman–Crippen LogP) is 1.88. The summed E-state index contributed by atoms with van der Waals surface area (Å²) in [6.07, 6.45) is 4.37. The van der Waals surface area contributed by atoms with Gasteiger partial charge in [0.2, 0.25) is 10.0 Å². The Bertz CT molecular complexity index is 634. The van der Waals surface area contributed by atoms with Crippen LogP contribution in [0.4, 0.5) is 0 Å². The van der Waals surface area contributed by atoms with E-state index in [-0.39, 0.29) is 10.9 Å². The fourth-order valence-corrected chi connectivity index (χ4v) is 4.01. The molecule has 0 spiro atoms. The van der Waals surface area contributed by atoms with Crippen LogP contribution in [0.1, 0.15) is 18.4 Å². The number of sulfonamides is 1. The summed E-state index contributed by atoms with van der Waals surface area (Å²) in [7, 11) is -2.24. The van der Waals surface area contributed by atoms with Gasteiger partial charge >= 0.3 is 5.97 Å². The van der Waals surface area contributed by atoms with Gasteiger partial charge in [-0.25, -0.2) is 13.2 Å². The second kappa shape index (κ2) is 6.41. The molecule has 114 valence electrons. The van der Waals surface area contributed by atoms with Gasteiger partial charge in [0.25, 0.3) is 0 Å². The van der Waals surface area contributed by atoms with Crippen LogP contribution >= 0.6 is 0 Å². The van der Waals surface area contributed by atoms with Gasteiger partial charge < -0.3 is 4.74 Å². The molecule has 1 aliphatic heterocycles. The Labute approximate surface area is 125 Å². The van der Waals surface area contributed by atoms with Crippen LogP contribution in [-0.4, -0.2) is 38.4 Å². The van der Waals surface area contributed by atoms with Crippen LogP contribution in [0.3, 0.4) is 0 Å². The number of ether oxygens (including phenoxy) is 1. The van der Waals surface area contributed by atoms with Crippen molar-refractivity contribution >= 4 is 16.0 Å². The van der Waals surface area contributed by atoms with Crippen molar-refractivity contribution in [2.75, 3.05) is 13.7 Å². The van der Waals surface area contributed by atoms with Crippen molar-refractivity contribution in [1.29, 1.82) is 0 Å². The number of carbonyl (C=O) groups excluding carboxylic acids is 1. The highest BCUT2D eigenvalue weighted by Gasteiger charge is 2.33. The molecular formula is C15H19NO4S. The minimum atomic E-state index is -3.53. The van der Waals surface area contributed by atoms with E-state index in [2.05, 4.69) is 4.74 Å². The molecule has 1 fully saturated rings. The first-order chi connectivity index (χ1) is 9.95. The lowest BCUT2D eigenvalue weighted by molar-refractivity contribution is -0.134. The predicted molar refractivity (Wildman–Crippen MR) is 79.2 cm³/mol. The summed E-state index contributed by atoms with van der Waals surface area (Å²) in [6.45, 7) is 2.38. The number of aryl methyl sites for hydroxylation is 1. The fraction of sp³-hybridized carbons (Fsp3) is 0.400. The molecule has 6 heteroatoms. The molecule has 1 atom stereocenters. The molecule has 1 heterocycles. The quantitative estimate of drug-likeness (QED) is 0.629. The molecule has 1 saturated heterocycles. The van der Waals surface area contributed by atoms with E-state index in [4.69, 9.17) is 0 Å². The summed E-state index contributed by atoms with van der Waals surface area (Å²) >= 11 is 0. The van der Waals surface area contributed by atoms with Gasteiger partial charge in [0.05, 0.1) is 12.0 Å². The minimum absolute atomic E-state index is 0.284. The van der Waals surface area contributed by atoms with E-state index in [1.807, 2.05) is 6.92 Å². The number of hydrogen-bond donors (Lipinski definition) is 0. The van der Waals surface area contributed by atoms with E-state index in [1.165, 1.54) is 17.5 Å². The highest BCUT2D eigenvalue weighted by molar-refractivity contribution is 7.89. The molecule has 0 amide bonds. The largest absolute Gasteiger partial charge is 0.466 e. The Morgan fingerprint density at radius 3 is 2.62 bits per heavy atom. The molecule has 2 rings (SSSR count). The summed E-state index contributed by atoms with van der Waals surface area (Å²) in [5, 5.41) is 0. The molecule has 5 nitrogen and oxygen atoms in total. The zero-order valence-corrected chi connectivity index (χ0v) is 13.0. The van der Waals surface area contributed by atoms with E-state index in [1.54, 1.807) is 30.3 Å². The third kappa shape index (κ3) is 3.51. The molecule has 0 aromatic heterocycles. The first-order valence-electron chi connectivity index (χ1n) is 6.80. The van der Waals surface area contributed by atoms with E-state index in [9.17, 15) is 13.2 Å². The lowest BCUT2D eigenvalue weighted by atomic mass is 10.2. The average Bonchev–Trinajstić information content (AvgIpc) is 2.94. The molecule has 0 radical (unpaired) electrons. The van der Waals surface area contributed by atoms with Gasteiger partial charge in [-0.2, -0.15) is 4.31 Å². The van der Waals surface area contributed by atoms with Crippen molar-refractivity contribution in [3.05, 3.63) is 42.0 Å². The zero-order valence-electron chi connectivity index (χ0n) is 12.2. The molecule has 21 heavy (non-hydrogen) atoms. The second-order valence-corrected chi connectivity index (χ2v) is 6.91. The molecule has 0 aliphatic carbocycles. The second-order valence-electron chi connectivity index (χ2n) is 5.02. The van der Waals surface area contributed by atoms with Crippen LogP contribution in [0, 0.1) is 6.92 Å². The Balaban J connectivity index is 2.24. The maximum absolute atomic E-state index is 12.6. The van der Waals surface area contributed by atoms with Crippen molar-refractivity contribution in [3.8, 4) is 0 Å². The number of carbonyl (C=O) groups is 1. The Morgan fingerprint density at radius 2 is 2.00 bits per heavy atom. The number of nitrogens with zero attached hydrogens (tertiary/aromatic N) is 1. The van der Waals surface area contributed by atoms with E-state index < -0.39 is 16.0 Å². The molecule has 0 saturated carbocycles. The smallest absolute Gasteiger partial charge is 0.330 e. The lowest BCUT2D eigenvalue weighted by Gasteiger charge is -2.21. The summed E-state index contributed by atoms with van der Waals surface area (Å²) in [6, 6.07) is 6.49. The molecule has 1 aromatic carbocycles. The summed E-state index contributed by atoms with van der Waals surface area (Å²) in [5.74, 6) is -0.477. The Hall–Kier alpha value is -1.66. The highest BCUT2D eigenvalue weighted by atomic mass is 32.2. The Kier molecular flexibility index (Phi) is 4.80. The minimum Gasteiger partial charge on any atom is -0.466 e. The van der Waals surface area contributed by atoms with Crippen LogP contribution in [0.25, 0.3) is 0 Å². The third-order valence-electron chi connectivity index (χ3n) is 3.53. The SMILES string of the molecule is COC(=O)/C=C/C1CCCN1S(=O)(=O)c1ccc(C)cc1. The summed E-state index contributed by atoms with van der Waals surface area (Å²) in [5.41, 5.74) is 1.01. The van der Waals surface area contributed by atoms with Crippen LogP contribution in [0.5, 0.6) is 0 Å². The lowest BCUT2D eigenvalue weighted by Crippen LogP contribution is -2.34. The average molecular weight is 309 g/mol. The van der Waals surface area contributed by atoms with E-state index in [0.29, 0.717) is 13.0 Å². The number of benzene rings is 1. The van der Waals surface area contributed by atoms with Gasteiger partial charge in [-0.15, -0.1) is 0 Å². The standard InChI is InChI=1S/C15H19NO4S/c1-12-5-8-14(9-6-12)21(18,19)16-11-3-4-13(16)7-10-15(17)20-2/h5-10,13H,3-4,11H2,1-2H3/b10-7+. The van der Waals surface area contributed by atoms with Gasteiger partial charge in [-0.3, -0.25) is 0 Å². The van der Waals surface area contributed by atoms with E-state index >= 15 is 0 Å². The molecule has 1 unspecified atom stereocenters. The number of methoxy groups -OCH3 is 1. The highest BCUT2D eigenvalue weighted by Crippen LogP contribution is 2.26. The summed E-state index contributed by atoms with van der Waals surface area (Å²) < 4.78 is 31.3. The van der Waals surface area contributed by atoms with Gasteiger partial charge in [-0.05, 0) is 31.9 Å². The first-order valence-corrected chi connectivity index (χ1v) is 8.24. The maximum Gasteiger partial charge on any atom is 0.330 e. The topological polar surface area (TPSA) is 63.7 Å². The van der Waals surface area contributed by atoms with E-state index in [0.717, 1.165) is 12.0 Å². The van der Waals surface area contributed by atoms with Crippen molar-refractivity contribution in [2.45, 2.75) is 30.7 Å². The third-order valence-corrected chi connectivity index (χ3v) is 5.47. The van der Waals surface area contributed by atoms with Gasteiger partial charge in [0.1, 0.15) is 0 Å². The molecule has 0 N–H and O–H groups in total. The van der Waals surface area contributed by atoms with Gasteiger partial charge in [-0.1, -0.05) is 23.8 Å². The number of rotatable bonds is 4. The van der Waals surface area contributed by atoms with Crippen LogP contribution < -0.4 is 0 Å². The molecule has 1 aliphatic rings. The van der Waals surface area contributed by atoms with Crippen molar-refractivity contribution in [1.82, 2.24) is 4.31 Å². The zero-order chi connectivity index (χ0) is 15.5. The van der Waals surface area contributed by atoms with Crippen molar-refractivity contribution in [3.63, 3.8) is 0 Å². The first kappa shape index (κ1) is 15.7. The van der Waals surface area contributed by atoms with Crippen LogP contribution in [0.2, 0.25) is 0 Å².